The van der Waals surface area contributed by atoms with Gasteiger partial charge in [-0.05, 0) is 67.4 Å². The predicted molar refractivity (Wildman–Crippen MR) is 126 cm³/mol. The van der Waals surface area contributed by atoms with E-state index in [0.29, 0.717) is 5.82 Å². The minimum absolute atomic E-state index is 0.653. The van der Waals surface area contributed by atoms with E-state index in [1.165, 1.54) is 6.33 Å². The lowest BCUT2D eigenvalue weighted by molar-refractivity contribution is 0.415. The van der Waals surface area contributed by atoms with Crippen LogP contribution in [-0.2, 0) is 0 Å². The Morgan fingerprint density at radius 3 is 2.53 bits per heavy atom. The second kappa shape index (κ2) is 8.15. The van der Waals surface area contributed by atoms with Gasteiger partial charge in [0.1, 0.15) is 23.4 Å². The topological polar surface area (TPSA) is 72.5 Å². The largest absolute Gasteiger partial charge is 0.497 e. The Morgan fingerprint density at radius 2 is 1.72 bits per heavy atom. The van der Waals surface area contributed by atoms with Gasteiger partial charge >= 0.3 is 0 Å². The summed E-state index contributed by atoms with van der Waals surface area (Å²) in [5.41, 5.74) is 7.95. The number of nitrogens with one attached hydrogen (secondary N) is 1. The molecular formula is C26H22N4O2. The molecule has 1 N–H and O–H groups in total. The molecule has 32 heavy (non-hydrogen) atoms. The van der Waals surface area contributed by atoms with E-state index in [2.05, 4.69) is 34.5 Å². The van der Waals surface area contributed by atoms with Gasteiger partial charge in [0, 0.05) is 22.4 Å². The summed E-state index contributed by atoms with van der Waals surface area (Å²) in [6.45, 7) is 4.12. The van der Waals surface area contributed by atoms with Gasteiger partial charge in [0.05, 0.1) is 18.0 Å². The molecule has 0 fully saturated rings. The van der Waals surface area contributed by atoms with Crippen LogP contribution in [0.3, 0.4) is 0 Å². The molecule has 0 unspecified atom stereocenters. The molecule has 6 nitrogen and oxygen atoms in total. The number of aryl methyl sites for hydroxylation is 2. The van der Waals surface area contributed by atoms with Crippen molar-refractivity contribution in [3.8, 4) is 17.1 Å². The first kappa shape index (κ1) is 19.8. The van der Waals surface area contributed by atoms with E-state index in [-0.39, 0.29) is 0 Å². The molecule has 0 aliphatic heterocycles. The van der Waals surface area contributed by atoms with Crippen molar-refractivity contribution < 1.29 is 9.15 Å². The molecule has 158 valence electrons. The van der Waals surface area contributed by atoms with Crippen LogP contribution in [0.15, 0.2) is 82.6 Å². The summed E-state index contributed by atoms with van der Waals surface area (Å²) in [5, 5.41) is 7.35. The van der Waals surface area contributed by atoms with Gasteiger partial charge in [0.25, 0.3) is 0 Å². The van der Waals surface area contributed by atoms with E-state index in [0.717, 1.165) is 55.4 Å². The maximum absolute atomic E-state index is 6.32. The monoisotopic (exact) mass is 422 g/mol. The number of ether oxygens (including phenoxy) is 1. The molecule has 0 aliphatic carbocycles. The van der Waals surface area contributed by atoms with Crippen molar-refractivity contribution in [2.75, 3.05) is 12.5 Å². The van der Waals surface area contributed by atoms with Crippen molar-refractivity contribution in [2.24, 2.45) is 5.10 Å². The Kier molecular flexibility index (Phi) is 5.03. The zero-order valence-corrected chi connectivity index (χ0v) is 18.1. The van der Waals surface area contributed by atoms with E-state index in [1.807, 2.05) is 61.5 Å². The highest BCUT2D eigenvalue weighted by molar-refractivity contribution is 5.88. The summed E-state index contributed by atoms with van der Waals surface area (Å²) in [7, 11) is 1.65. The summed E-state index contributed by atoms with van der Waals surface area (Å²) in [6, 6.07) is 21.8. The van der Waals surface area contributed by atoms with Crippen LogP contribution in [0, 0.1) is 13.8 Å². The maximum Gasteiger partial charge on any atom is 0.157 e. The number of benzene rings is 3. The van der Waals surface area contributed by atoms with Gasteiger partial charge in [-0.3, -0.25) is 5.43 Å². The van der Waals surface area contributed by atoms with Gasteiger partial charge in [-0.2, -0.15) is 5.10 Å². The first-order valence-corrected chi connectivity index (χ1v) is 10.3. The van der Waals surface area contributed by atoms with Gasteiger partial charge < -0.3 is 9.15 Å². The average molecular weight is 422 g/mol. The molecule has 0 spiro atoms. The van der Waals surface area contributed by atoms with E-state index < -0.39 is 0 Å². The molecule has 6 heteroatoms. The van der Waals surface area contributed by atoms with Crippen LogP contribution < -0.4 is 15.5 Å². The zero-order chi connectivity index (χ0) is 22.1. The van der Waals surface area contributed by atoms with Crippen LogP contribution in [0.25, 0.3) is 33.2 Å². The predicted octanol–water partition coefficient (Wildman–Crippen LogP) is 5.60. The normalized spacial score (nSPS) is 11.8. The van der Waals surface area contributed by atoms with E-state index in [1.54, 1.807) is 7.11 Å². The van der Waals surface area contributed by atoms with Crippen LogP contribution in [-0.4, -0.2) is 17.1 Å². The summed E-state index contributed by atoms with van der Waals surface area (Å²) >= 11 is 0. The van der Waals surface area contributed by atoms with Crippen molar-refractivity contribution in [1.29, 1.82) is 0 Å². The minimum Gasteiger partial charge on any atom is -0.497 e. The lowest BCUT2D eigenvalue weighted by atomic mass is 10.1. The molecule has 0 atom stereocenters. The fraction of sp³-hybridized carbons (Fsp3) is 0.115. The van der Waals surface area contributed by atoms with Gasteiger partial charge in [-0.25, -0.2) is 9.97 Å². The molecule has 0 bridgehead atoms. The highest BCUT2D eigenvalue weighted by Crippen LogP contribution is 2.27. The summed E-state index contributed by atoms with van der Waals surface area (Å²) < 4.78 is 11.6. The molecule has 0 aliphatic rings. The quantitative estimate of drug-likeness (QED) is 0.382. The first-order valence-electron chi connectivity index (χ1n) is 10.3. The van der Waals surface area contributed by atoms with E-state index in [9.17, 15) is 0 Å². The van der Waals surface area contributed by atoms with Crippen LogP contribution in [0.4, 0.5) is 5.82 Å². The van der Waals surface area contributed by atoms with Crippen molar-refractivity contribution in [3.63, 3.8) is 0 Å². The number of anilines is 1. The number of fused-ring (bicyclic) bond motifs is 2. The average Bonchev–Trinajstić information content (AvgIpc) is 2.82. The highest BCUT2D eigenvalue weighted by Gasteiger charge is 2.10. The van der Waals surface area contributed by atoms with Crippen LogP contribution in [0.5, 0.6) is 5.75 Å². The van der Waals surface area contributed by atoms with Crippen LogP contribution in [0.1, 0.15) is 11.1 Å². The van der Waals surface area contributed by atoms with Gasteiger partial charge in [-0.15, -0.1) is 0 Å². The Morgan fingerprint density at radius 1 is 0.906 bits per heavy atom. The summed E-state index contributed by atoms with van der Waals surface area (Å²) in [4.78, 5) is 8.70. The Labute approximate surface area is 185 Å². The number of aromatic nitrogens is 2. The summed E-state index contributed by atoms with van der Waals surface area (Å²) in [5.74, 6) is 2.17. The first-order chi connectivity index (χ1) is 15.6. The number of hydrogen-bond acceptors (Lipinski definition) is 6. The standard InChI is InChI=1S/C26H22N4O2/c1-16-12-17(2)25-21(13-16)23(14-24(32-25)18-8-10-19(31-3)11-9-18)29-30-26-20-6-4-5-7-22(20)27-15-28-26/h4-15H,1-3H3,(H,27,28,30). The fourth-order valence-corrected chi connectivity index (χ4v) is 3.82. The third-order valence-electron chi connectivity index (χ3n) is 5.37. The number of methoxy groups -OCH3 is 1. The third-order valence-corrected chi connectivity index (χ3v) is 5.37. The van der Waals surface area contributed by atoms with Crippen LogP contribution in [0.2, 0.25) is 0 Å². The molecule has 0 saturated carbocycles. The molecule has 5 rings (SSSR count). The molecule has 2 heterocycles. The van der Waals surface area contributed by atoms with Gasteiger partial charge in [0.15, 0.2) is 5.82 Å². The van der Waals surface area contributed by atoms with Gasteiger partial charge in [-0.1, -0.05) is 18.2 Å². The molecule has 0 amide bonds. The molecule has 5 aromatic rings. The number of hydrogen-bond donors (Lipinski definition) is 1. The van der Waals surface area contributed by atoms with Crippen molar-refractivity contribution >= 4 is 27.7 Å². The molecule has 2 aromatic heterocycles. The van der Waals surface area contributed by atoms with E-state index >= 15 is 0 Å². The highest BCUT2D eigenvalue weighted by atomic mass is 16.5. The third kappa shape index (κ3) is 3.67. The van der Waals surface area contributed by atoms with E-state index in [4.69, 9.17) is 14.3 Å². The maximum atomic E-state index is 6.32. The van der Waals surface area contributed by atoms with Crippen molar-refractivity contribution in [3.05, 3.63) is 89.5 Å². The number of nitrogens with zero attached hydrogens (tertiary/aromatic N) is 3. The Balaban J connectivity index is 1.69. The lowest BCUT2D eigenvalue weighted by Gasteiger charge is -2.09. The lowest BCUT2D eigenvalue weighted by Crippen LogP contribution is -2.09. The molecule has 0 radical (unpaired) electrons. The second-order valence-electron chi connectivity index (χ2n) is 7.65. The Hall–Kier alpha value is -4.19. The molecule has 3 aromatic carbocycles. The number of para-hydroxylation sites is 1. The molecular weight excluding hydrogens is 400 g/mol. The zero-order valence-electron chi connectivity index (χ0n) is 18.1. The smallest absolute Gasteiger partial charge is 0.157 e. The summed E-state index contributed by atoms with van der Waals surface area (Å²) in [6.07, 6.45) is 1.54. The molecule has 0 saturated heterocycles. The van der Waals surface area contributed by atoms with Crippen molar-refractivity contribution in [1.82, 2.24) is 9.97 Å². The minimum atomic E-state index is 0.653. The number of rotatable bonds is 4. The fourth-order valence-electron chi connectivity index (χ4n) is 3.82. The van der Waals surface area contributed by atoms with Gasteiger partial charge in [0.2, 0.25) is 0 Å². The second-order valence-corrected chi connectivity index (χ2v) is 7.65. The Bertz CT molecular complexity index is 1500. The van der Waals surface area contributed by atoms with Crippen LogP contribution >= 0.6 is 0 Å². The SMILES string of the molecule is COc1ccc(-c2cc(=NNc3ncnc4ccccc34)c3cc(C)cc(C)c3o2)cc1. The van der Waals surface area contributed by atoms with Crippen molar-refractivity contribution in [2.45, 2.75) is 13.8 Å².